The summed E-state index contributed by atoms with van der Waals surface area (Å²) >= 11 is 0. The minimum absolute atomic E-state index is 0.333. The van der Waals surface area contributed by atoms with Crippen LogP contribution in [-0.2, 0) is 4.79 Å². The van der Waals surface area contributed by atoms with Crippen LogP contribution in [0.4, 0.5) is 0 Å². The number of hydrogen-bond acceptors (Lipinski definition) is 3. The molecule has 0 saturated heterocycles. The van der Waals surface area contributed by atoms with Crippen molar-refractivity contribution in [1.29, 1.82) is 0 Å². The van der Waals surface area contributed by atoms with E-state index in [1.165, 1.54) is 0 Å². The van der Waals surface area contributed by atoms with Gasteiger partial charge >= 0.3 is 5.91 Å². The molecule has 1 amide bonds. The quantitative estimate of drug-likeness (QED) is 0.430. The van der Waals surface area contributed by atoms with E-state index in [-0.39, 0.29) is 5.91 Å². The van der Waals surface area contributed by atoms with Crippen LogP contribution in [0.1, 0.15) is 6.92 Å². The summed E-state index contributed by atoms with van der Waals surface area (Å²) in [5.74, 6) is -0.333. The van der Waals surface area contributed by atoms with E-state index in [4.69, 9.17) is 0 Å². The fourth-order valence-electron chi connectivity index (χ4n) is 0.245. The molecule has 0 unspecified atom stereocenters. The van der Waals surface area contributed by atoms with Crippen molar-refractivity contribution in [1.82, 2.24) is 0 Å². The van der Waals surface area contributed by atoms with Crippen molar-refractivity contribution in [3.63, 3.8) is 0 Å². The summed E-state index contributed by atoms with van der Waals surface area (Å²) in [6.07, 6.45) is 0. The normalized spacial score (nSPS) is 17.9. The molecule has 0 fully saturated rings. The van der Waals surface area contributed by atoms with Crippen LogP contribution in [-0.4, -0.2) is 11.6 Å². The molecule has 1 rings (SSSR count). The minimum atomic E-state index is -0.333. The Balaban J connectivity index is 2.89. The zero-order chi connectivity index (χ0) is 5.28. The predicted octanol–water partition coefficient (Wildman–Crippen LogP) is 0.355. The SMILES string of the molecule is CC1=NN=NC1=O. The molecule has 4 heteroatoms. The van der Waals surface area contributed by atoms with Crippen LogP contribution in [0.2, 0.25) is 0 Å². The summed E-state index contributed by atoms with van der Waals surface area (Å²) < 4.78 is 0. The number of hydrogen-bond donors (Lipinski definition) is 0. The predicted molar refractivity (Wildman–Crippen MR) is 23.0 cm³/mol. The molecule has 0 aromatic rings. The standard InChI is InChI=1S/C3H3N3O/c1-2-3(7)5-6-4-2/h1H3. The fourth-order valence-corrected chi connectivity index (χ4v) is 0.245. The molecule has 0 N–H and O–H groups in total. The highest BCUT2D eigenvalue weighted by Crippen LogP contribution is 1.93. The van der Waals surface area contributed by atoms with Gasteiger partial charge in [-0.3, -0.25) is 4.79 Å². The molecule has 7 heavy (non-hydrogen) atoms. The van der Waals surface area contributed by atoms with Crippen molar-refractivity contribution >= 4 is 11.6 Å². The Labute approximate surface area is 39.9 Å². The van der Waals surface area contributed by atoms with Gasteiger partial charge in [0.05, 0.1) is 0 Å². The molecule has 1 aliphatic rings. The van der Waals surface area contributed by atoms with Gasteiger partial charge in [0.15, 0.2) is 0 Å². The number of carbonyl (C=O) groups is 1. The molecular weight excluding hydrogens is 94.1 g/mol. The highest BCUT2D eigenvalue weighted by atomic mass is 16.2. The summed E-state index contributed by atoms with van der Waals surface area (Å²) in [4.78, 5) is 10.2. The molecule has 0 aromatic carbocycles. The lowest BCUT2D eigenvalue weighted by Crippen LogP contribution is -1.99. The second-order valence-electron chi connectivity index (χ2n) is 1.18. The van der Waals surface area contributed by atoms with Gasteiger partial charge in [-0.1, -0.05) is 5.11 Å². The van der Waals surface area contributed by atoms with Crippen LogP contribution in [0.5, 0.6) is 0 Å². The second-order valence-corrected chi connectivity index (χ2v) is 1.18. The molecule has 1 aliphatic heterocycles. The van der Waals surface area contributed by atoms with Gasteiger partial charge in [0.2, 0.25) is 0 Å². The van der Waals surface area contributed by atoms with Crippen molar-refractivity contribution in [2.45, 2.75) is 6.92 Å². The summed E-state index contributed by atoms with van der Waals surface area (Å²) in [6.45, 7) is 1.57. The maximum Gasteiger partial charge on any atom is 0.312 e. The molecule has 36 valence electrons. The lowest BCUT2D eigenvalue weighted by atomic mass is 10.4. The average Bonchev–Trinajstić information content (AvgIpc) is 1.91. The lowest BCUT2D eigenvalue weighted by Gasteiger charge is -1.71. The summed E-state index contributed by atoms with van der Waals surface area (Å²) in [7, 11) is 0. The van der Waals surface area contributed by atoms with E-state index in [1.54, 1.807) is 6.92 Å². The Morgan fingerprint density at radius 1 is 1.57 bits per heavy atom. The molecular formula is C3H3N3O. The summed E-state index contributed by atoms with van der Waals surface area (Å²) in [5, 5.41) is 9.55. The van der Waals surface area contributed by atoms with Crippen LogP contribution in [0.3, 0.4) is 0 Å². The van der Waals surface area contributed by atoms with E-state index in [2.05, 4.69) is 15.4 Å². The van der Waals surface area contributed by atoms with Gasteiger partial charge in [0.25, 0.3) is 0 Å². The van der Waals surface area contributed by atoms with Crippen LogP contribution in [0.15, 0.2) is 15.4 Å². The molecule has 4 nitrogen and oxygen atoms in total. The molecule has 0 saturated carbocycles. The zero-order valence-electron chi connectivity index (χ0n) is 3.75. The Morgan fingerprint density at radius 2 is 2.29 bits per heavy atom. The van der Waals surface area contributed by atoms with Gasteiger partial charge < -0.3 is 0 Å². The molecule has 0 aliphatic carbocycles. The zero-order valence-corrected chi connectivity index (χ0v) is 3.75. The van der Waals surface area contributed by atoms with Gasteiger partial charge in [0.1, 0.15) is 5.71 Å². The smallest absolute Gasteiger partial charge is 0.264 e. The Morgan fingerprint density at radius 3 is 2.43 bits per heavy atom. The van der Waals surface area contributed by atoms with E-state index in [1.807, 2.05) is 0 Å². The second kappa shape index (κ2) is 1.22. The van der Waals surface area contributed by atoms with E-state index >= 15 is 0 Å². The number of carbonyl (C=O) groups excluding carboxylic acids is 1. The first-order valence-electron chi connectivity index (χ1n) is 1.80. The van der Waals surface area contributed by atoms with Gasteiger partial charge in [-0.15, -0.1) is 5.10 Å². The largest absolute Gasteiger partial charge is 0.312 e. The van der Waals surface area contributed by atoms with Crippen molar-refractivity contribution in [3.05, 3.63) is 0 Å². The van der Waals surface area contributed by atoms with Crippen LogP contribution >= 0.6 is 0 Å². The molecule has 0 radical (unpaired) electrons. The maximum absolute atomic E-state index is 10.2. The topological polar surface area (TPSA) is 54.1 Å². The Bertz CT molecular complexity index is 158. The lowest BCUT2D eigenvalue weighted by molar-refractivity contribution is -0.111. The van der Waals surface area contributed by atoms with Gasteiger partial charge in [-0.2, -0.15) is 0 Å². The van der Waals surface area contributed by atoms with E-state index in [9.17, 15) is 4.79 Å². The molecule has 0 aromatic heterocycles. The third-order valence-corrected chi connectivity index (χ3v) is 0.640. The Hall–Kier alpha value is -1.06. The van der Waals surface area contributed by atoms with Gasteiger partial charge in [-0.25, -0.2) is 0 Å². The summed E-state index contributed by atoms with van der Waals surface area (Å²) in [5.41, 5.74) is 0.361. The number of rotatable bonds is 0. The monoisotopic (exact) mass is 97.0 g/mol. The third-order valence-electron chi connectivity index (χ3n) is 0.640. The molecule has 0 atom stereocenters. The molecule has 1 heterocycles. The van der Waals surface area contributed by atoms with E-state index < -0.39 is 0 Å². The average molecular weight is 97.1 g/mol. The van der Waals surface area contributed by atoms with E-state index in [0.717, 1.165) is 0 Å². The van der Waals surface area contributed by atoms with Crippen molar-refractivity contribution < 1.29 is 4.79 Å². The number of amides is 1. The molecule has 0 spiro atoms. The van der Waals surface area contributed by atoms with Crippen LogP contribution in [0.25, 0.3) is 0 Å². The highest BCUT2D eigenvalue weighted by Gasteiger charge is 2.07. The number of nitrogens with zero attached hydrogens (tertiary/aromatic N) is 3. The molecule has 0 bridgehead atoms. The van der Waals surface area contributed by atoms with Crippen molar-refractivity contribution in [3.8, 4) is 0 Å². The van der Waals surface area contributed by atoms with Gasteiger partial charge in [-0.05, 0) is 12.1 Å². The maximum atomic E-state index is 10.2. The fraction of sp³-hybridized carbons (Fsp3) is 0.333. The van der Waals surface area contributed by atoms with Crippen molar-refractivity contribution in [2.24, 2.45) is 15.4 Å². The first-order valence-corrected chi connectivity index (χ1v) is 1.80. The van der Waals surface area contributed by atoms with Gasteiger partial charge in [0, 0.05) is 0 Å². The van der Waals surface area contributed by atoms with Crippen molar-refractivity contribution in [2.75, 3.05) is 0 Å². The van der Waals surface area contributed by atoms with E-state index in [0.29, 0.717) is 5.71 Å². The Kier molecular flexibility index (Phi) is 0.714. The third kappa shape index (κ3) is 0.534. The highest BCUT2D eigenvalue weighted by molar-refractivity contribution is 6.38. The minimum Gasteiger partial charge on any atom is -0.264 e. The van der Waals surface area contributed by atoms with Crippen LogP contribution < -0.4 is 0 Å². The first kappa shape index (κ1) is 4.11. The first-order chi connectivity index (χ1) is 3.30. The van der Waals surface area contributed by atoms with Crippen LogP contribution in [0, 0.1) is 0 Å². The summed E-state index contributed by atoms with van der Waals surface area (Å²) in [6, 6.07) is 0.